The van der Waals surface area contributed by atoms with Gasteiger partial charge in [-0.15, -0.1) is 0 Å². The molecule has 0 fully saturated rings. The van der Waals surface area contributed by atoms with Crippen LogP contribution >= 0.6 is 0 Å². The van der Waals surface area contributed by atoms with Crippen LogP contribution in [-0.4, -0.2) is 79.7 Å². The molecule has 2 amide bonds. The minimum Gasteiger partial charge on any atom is -0.497 e. The second-order valence-corrected chi connectivity index (χ2v) is 11.0. The van der Waals surface area contributed by atoms with Crippen LogP contribution < -0.4 is 30.3 Å². The fourth-order valence-corrected chi connectivity index (χ4v) is 4.98. The Kier molecular flexibility index (Phi) is 10.0. The molecule has 242 valence electrons. The molecule has 47 heavy (non-hydrogen) atoms. The van der Waals surface area contributed by atoms with Crippen LogP contribution in [0.4, 0.5) is 28.7 Å². The number of nitrogens with zero attached hydrogens (tertiary/aromatic N) is 5. The Labute approximate surface area is 273 Å². The van der Waals surface area contributed by atoms with Crippen molar-refractivity contribution in [2.75, 3.05) is 69.3 Å². The van der Waals surface area contributed by atoms with Crippen molar-refractivity contribution < 1.29 is 19.1 Å². The summed E-state index contributed by atoms with van der Waals surface area (Å²) in [5, 5.41) is 9.79. The van der Waals surface area contributed by atoms with Crippen molar-refractivity contribution in [2.45, 2.75) is 0 Å². The van der Waals surface area contributed by atoms with E-state index in [1.54, 1.807) is 49.2 Å². The number of methoxy groups -OCH3 is 2. The summed E-state index contributed by atoms with van der Waals surface area (Å²) in [7, 11) is 9.10. The number of amides is 2. The Morgan fingerprint density at radius 1 is 0.915 bits per heavy atom. The normalized spacial score (nSPS) is 10.9. The molecule has 2 aromatic heterocycles. The Morgan fingerprint density at radius 2 is 1.70 bits per heavy atom. The van der Waals surface area contributed by atoms with E-state index in [-0.39, 0.29) is 17.8 Å². The summed E-state index contributed by atoms with van der Waals surface area (Å²) in [6.45, 7) is 5.11. The van der Waals surface area contributed by atoms with Gasteiger partial charge in [-0.1, -0.05) is 30.8 Å². The van der Waals surface area contributed by atoms with Gasteiger partial charge in [0.1, 0.15) is 17.2 Å². The minimum atomic E-state index is -0.346. The lowest BCUT2D eigenvalue weighted by molar-refractivity contribution is -0.111. The van der Waals surface area contributed by atoms with Gasteiger partial charge in [0, 0.05) is 55.2 Å². The fraction of sp³-hybridized carbons (Fsp3) is 0.200. The number of carbonyl (C=O) groups is 2. The van der Waals surface area contributed by atoms with Crippen LogP contribution in [-0.2, 0) is 4.79 Å². The third-order valence-corrected chi connectivity index (χ3v) is 7.42. The monoisotopic (exact) mass is 634 g/mol. The van der Waals surface area contributed by atoms with Gasteiger partial charge in [-0.05, 0) is 56.6 Å². The lowest BCUT2D eigenvalue weighted by Gasteiger charge is -2.26. The topological polar surface area (TPSA) is 126 Å². The van der Waals surface area contributed by atoms with Crippen molar-refractivity contribution in [3.05, 3.63) is 97.3 Å². The van der Waals surface area contributed by atoms with Crippen LogP contribution in [0.25, 0.3) is 16.7 Å². The summed E-state index contributed by atoms with van der Waals surface area (Å²) in [6.07, 6.45) is 2.88. The first-order valence-corrected chi connectivity index (χ1v) is 14.9. The van der Waals surface area contributed by atoms with Gasteiger partial charge in [0.25, 0.3) is 5.91 Å². The average Bonchev–Trinajstić information content (AvgIpc) is 3.46. The predicted octanol–water partition coefficient (Wildman–Crippen LogP) is 5.56. The van der Waals surface area contributed by atoms with E-state index in [1.807, 2.05) is 74.6 Å². The lowest BCUT2D eigenvalue weighted by atomic mass is 10.2. The molecular formula is C35H38N8O4. The molecule has 12 nitrogen and oxygen atoms in total. The van der Waals surface area contributed by atoms with E-state index in [0.717, 1.165) is 17.9 Å². The number of ether oxygens (including phenoxy) is 2. The zero-order valence-electron chi connectivity index (χ0n) is 27.1. The van der Waals surface area contributed by atoms with Gasteiger partial charge in [0.2, 0.25) is 11.9 Å². The highest BCUT2D eigenvalue weighted by atomic mass is 16.5. The lowest BCUT2D eigenvalue weighted by Crippen LogP contribution is -2.29. The molecule has 3 N–H and O–H groups in total. The molecule has 5 aromatic rings. The molecule has 2 heterocycles. The Balaban J connectivity index is 1.55. The van der Waals surface area contributed by atoms with Crippen molar-refractivity contribution in [3.8, 4) is 17.2 Å². The molecular weight excluding hydrogens is 596 g/mol. The molecule has 12 heteroatoms. The van der Waals surface area contributed by atoms with Crippen molar-refractivity contribution in [3.63, 3.8) is 0 Å². The number of likely N-dealkylation sites (N-methyl/N-ethyl adjacent to an activating group) is 2. The van der Waals surface area contributed by atoms with Crippen LogP contribution in [0.5, 0.6) is 11.5 Å². The molecule has 0 bridgehead atoms. The van der Waals surface area contributed by atoms with Gasteiger partial charge in [-0.2, -0.15) is 4.98 Å². The number of hydrogen-bond acceptors (Lipinski definition) is 9. The Bertz CT molecular complexity index is 1910. The third kappa shape index (κ3) is 7.51. The Morgan fingerprint density at radius 3 is 2.40 bits per heavy atom. The number of aromatic nitrogens is 3. The second-order valence-electron chi connectivity index (χ2n) is 11.0. The highest BCUT2D eigenvalue weighted by Crippen LogP contribution is 2.38. The van der Waals surface area contributed by atoms with Crippen LogP contribution in [0.1, 0.15) is 10.5 Å². The van der Waals surface area contributed by atoms with Crippen molar-refractivity contribution in [1.82, 2.24) is 19.4 Å². The number of hydrogen-bond donors (Lipinski definition) is 3. The summed E-state index contributed by atoms with van der Waals surface area (Å²) < 4.78 is 12.9. The molecule has 0 radical (unpaired) electrons. The van der Waals surface area contributed by atoms with E-state index in [2.05, 4.69) is 32.4 Å². The zero-order valence-corrected chi connectivity index (χ0v) is 27.1. The molecule has 0 saturated carbocycles. The van der Waals surface area contributed by atoms with Gasteiger partial charge in [-0.3, -0.25) is 14.2 Å². The SMILES string of the molecule is C=CC(=O)Nc1cc(Nc2ncc3cc(C(=O)Nc4cccc(OC)c4)n(-c4ccccc4)c3n2)c(OC)cc1N(C)CCN(C)C. The summed E-state index contributed by atoms with van der Waals surface area (Å²) >= 11 is 0. The summed E-state index contributed by atoms with van der Waals surface area (Å²) in [4.78, 5) is 39.6. The molecule has 0 saturated heterocycles. The van der Waals surface area contributed by atoms with Crippen molar-refractivity contribution >= 4 is 51.5 Å². The second kappa shape index (κ2) is 14.5. The standard InChI is InChI=1S/C35H38N8O4/c1-7-32(44)38-27-20-28(31(47-6)21-29(27)42(4)17-16-41(2)3)39-35-36-22-23-18-30(34(45)37-24-12-11-15-26(19-24)46-5)43(33(23)40-35)25-13-9-8-10-14-25/h7-15,18-22H,1,16-17H2,2-6H3,(H,37,45)(H,38,44)(H,36,39,40). The molecule has 0 aliphatic heterocycles. The number of fused-ring (bicyclic) bond motifs is 1. The molecule has 0 aliphatic rings. The number of para-hydroxylation sites is 1. The van der Waals surface area contributed by atoms with Gasteiger partial charge in [0.05, 0.1) is 31.3 Å². The maximum Gasteiger partial charge on any atom is 0.272 e. The smallest absolute Gasteiger partial charge is 0.272 e. The van der Waals surface area contributed by atoms with Gasteiger partial charge >= 0.3 is 0 Å². The third-order valence-electron chi connectivity index (χ3n) is 7.42. The number of carbonyl (C=O) groups excluding carboxylic acids is 2. The van der Waals surface area contributed by atoms with Crippen molar-refractivity contribution in [1.29, 1.82) is 0 Å². The van der Waals surface area contributed by atoms with E-state index in [1.165, 1.54) is 6.08 Å². The van der Waals surface area contributed by atoms with Crippen LogP contribution in [0.2, 0.25) is 0 Å². The van der Waals surface area contributed by atoms with E-state index in [4.69, 9.17) is 14.5 Å². The highest BCUT2D eigenvalue weighted by molar-refractivity contribution is 6.07. The molecule has 0 spiro atoms. The molecule has 5 rings (SSSR count). The molecule has 3 aromatic carbocycles. The minimum absolute atomic E-state index is 0.264. The summed E-state index contributed by atoms with van der Waals surface area (Å²) in [5.41, 5.74) is 4.09. The first-order chi connectivity index (χ1) is 22.7. The van der Waals surface area contributed by atoms with Crippen molar-refractivity contribution in [2.24, 2.45) is 0 Å². The summed E-state index contributed by atoms with van der Waals surface area (Å²) in [6, 6.07) is 22.0. The number of nitrogens with one attached hydrogen (secondary N) is 3. The molecule has 0 atom stereocenters. The molecule has 0 aliphatic carbocycles. The van der Waals surface area contributed by atoms with Crippen LogP contribution in [0.15, 0.2) is 91.6 Å². The van der Waals surface area contributed by atoms with Gasteiger partial charge < -0.3 is 35.2 Å². The first-order valence-electron chi connectivity index (χ1n) is 14.9. The average molecular weight is 635 g/mol. The van der Waals surface area contributed by atoms with Crippen LogP contribution in [0, 0.1) is 0 Å². The maximum absolute atomic E-state index is 13.7. The van der Waals surface area contributed by atoms with E-state index >= 15 is 0 Å². The Hall–Kier alpha value is -5.88. The number of benzene rings is 3. The fourth-order valence-electron chi connectivity index (χ4n) is 4.98. The number of rotatable bonds is 13. The predicted molar refractivity (Wildman–Crippen MR) is 187 cm³/mol. The van der Waals surface area contributed by atoms with E-state index in [0.29, 0.717) is 51.8 Å². The zero-order chi connectivity index (χ0) is 33.5. The first kappa shape index (κ1) is 32.5. The van der Waals surface area contributed by atoms with Gasteiger partial charge in [0.15, 0.2) is 5.65 Å². The van der Waals surface area contributed by atoms with Crippen LogP contribution in [0.3, 0.4) is 0 Å². The number of anilines is 5. The summed E-state index contributed by atoms with van der Waals surface area (Å²) in [5.74, 6) is 0.743. The maximum atomic E-state index is 13.7. The van der Waals surface area contributed by atoms with Gasteiger partial charge in [-0.25, -0.2) is 4.98 Å². The van der Waals surface area contributed by atoms with E-state index in [9.17, 15) is 9.59 Å². The largest absolute Gasteiger partial charge is 0.497 e. The highest BCUT2D eigenvalue weighted by Gasteiger charge is 2.21. The van der Waals surface area contributed by atoms with E-state index < -0.39 is 0 Å². The molecule has 0 unspecified atom stereocenters. The quantitative estimate of drug-likeness (QED) is 0.143.